The van der Waals surface area contributed by atoms with Gasteiger partial charge in [0.15, 0.2) is 0 Å². The lowest BCUT2D eigenvalue weighted by molar-refractivity contribution is -0.168. The Balaban J connectivity index is 1.41. The van der Waals surface area contributed by atoms with E-state index in [1.807, 2.05) is 30.3 Å². The summed E-state index contributed by atoms with van der Waals surface area (Å²) in [7, 11) is 0. The molecule has 9 nitrogen and oxygen atoms in total. The second-order valence-corrected chi connectivity index (χ2v) is 8.57. The molecule has 0 aliphatic carbocycles. The highest BCUT2D eigenvalue weighted by Crippen LogP contribution is 2.36. The van der Waals surface area contributed by atoms with E-state index < -0.39 is 35.4 Å². The van der Waals surface area contributed by atoms with E-state index in [0.717, 1.165) is 5.69 Å². The molecule has 0 saturated carbocycles. The van der Waals surface area contributed by atoms with Crippen molar-refractivity contribution in [2.24, 2.45) is 5.92 Å². The van der Waals surface area contributed by atoms with Gasteiger partial charge in [-0.15, -0.1) is 0 Å². The molecule has 2 saturated heterocycles. The predicted octanol–water partition coefficient (Wildman–Crippen LogP) is 2.07. The van der Waals surface area contributed by atoms with Gasteiger partial charge in [-0.05, 0) is 37.6 Å². The minimum atomic E-state index is -2.31. The number of hydrogen-bond acceptors (Lipinski definition) is 7. The molecule has 2 fully saturated rings. The van der Waals surface area contributed by atoms with E-state index in [2.05, 4.69) is 0 Å². The fourth-order valence-corrected chi connectivity index (χ4v) is 4.61. The van der Waals surface area contributed by atoms with Gasteiger partial charge in [-0.1, -0.05) is 36.4 Å². The maximum Gasteiger partial charge on any atom is 0.348 e. The molecule has 2 aromatic carbocycles. The van der Waals surface area contributed by atoms with Gasteiger partial charge in [-0.3, -0.25) is 14.4 Å². The molecular formula is C26H28N2O7. The Kier molecular flexibility index (Phi) is 7.16. The van der Waals surface area contributed by atoms with Crippen LogP contribution in [-0.4, -0.2) is 60.3 Å². The van der Waals surface area contributed by atoms with Crippen LogP contribution in [0.1, 0.15) is 26.2 Å². The summed E-state index contributed by atoms with van der Waals surface area (Å²) in [6.45, 7) is 1.97. The summed E-state index contributed by atoms with van der Waals surface area (Å²) >= 11 is 0. The molecule has 184 valence electrons. The Labute approximate surface area is 203 Å². The number of rotatable bonds is 8. The Morgan fingerprint density at radius 2 is 1.63 bits per heavy atom. The second-order valence-electron chi connectivity index (χ2n) is 8.57. The summed E-state index contributed by atoms with van der Waals surface area (Å²) in [6.07, 6.45) is 0.339. The number of amides is 2. The van der Waals surface area contributed by atoms with Crippen molar-refractivity contribution in [3.8, 4) is 0 Å². The van der Waals surface area contributed by atoms with Gasteiger partial charge in [0.1, 0.15) is 5.92 Å². The summed E-state index contributed by atoms with van der Waals surface area (Å²) in [5.41, 5.74) is -1.06. The lowest BCUT2D eigenvalue weighted by atomic mass is 9.98. The summed E-state index contributed by atoms with van der Waals surface area (Å²) in [4.78, 5) is 53.8. The van der Waals surface area contributed by atoms with E-state index in [4.69, 9.17) is 9.47 Å². The van der Waals surface area contributed by atoms with Crippen molar-refractivity contribution < 1.29 is 33.8 Å². The Hall–Kier alpha value is -3.72. The van der Waals surface area contributed by atoms with Gasteiger partial charge in [-0.2, -0.15) is 0 Å². The number of carbonyl (C=O) groups is 4. The Bertz CT molecular complexity index is 1090. The summed E-state index contributed by atoms with van der Waals surface area (Å²) < 4.78 is 10.4. The molecule has 0 spiro atoms. The first kappa shape index (κ1) is 24.4. The number of benzene rings is 2. The van der Waals surface area contributed by atoms with E-state index in [-0.39, 0.29) is 32.0 Å². The predicted molar refractivity (Wildman–Crippen MR) is 126 cm³/mol. The maximum absolute atomic E-state index is 13.1. The van der Waals surface area contributed by atoms with Crippen molar-refractivity contribution in [2.75, 3.05) is 29.6 Å². The number of ether oxygens (including phenoxy) is 2. The molecule has 2 heterocycles. The highest BCUT2D eigenvalue weighted by molar-refractivity contribution is 6.15. The molecule has 2 amide bonds. The van der Waals surface area contributed by atoms with Crippen LogP contribution in [-0.2, 0) is 28.7 Å². The van der Waals surface area contributed by atoms with Crippen molar-refractivity contribution >= 4 is 35.1 Å². The molecule has 2 aromatic rings. The molecular weight excluding hydrogens is 452 g/mol. The SMILES string of the molecule is CCOC(=O)[C@@]1(O)CC(CCOC(=O)C2CCN(c3ccccc3)C2=O)N(c2ccccc2)C1=O. The molecule has 2 unspecified atom stereocenters. The van der Waals surface area contributed by atoms with E-state index in [1.54, 1.807) is 42.2 Å². The van der Waals surface area contributed by atoms with Crippen LogP contribution >= 0.6 is 0 Å². The molecule has 4 rings (SSSR count). The summed E-state index contributed by atoms with van der Waals surface area (Å²) in [5, 5.41) is 10.9. The van der Waals surface area contributed by atoms with Gasteiger partial charge in [0.05, 0.1) is 13.2 Å². The van der Waals surface area contributed by atoms with Crippen LogP contribution in [0.25, 0.3) is 0 Å². The lowest BCUT2D eigenvalue weighted by Crippen LogP contribution is -2.48. The van der Waals surface area contributed by atoms with E-state index in [9.17, 15) is 24.3 Å². The van der Waals surface area contributed by atoms with Crippen molar-refractivity contribution in [3.05, 3.63) is 60.7 Å². The minimum Gasteiger partial charge on any atom is -0.465 e. The highest BCUT2D eigenvalue weighted by atomic mass is 16.6. The first-order valence-corrected chi connectivity index (χ1v) is 11.7. The quantitative estimate of drug-likeness (QED) is 0.455. The Morgan fingerprint density at radius 1 is 1.00 bits per heavy atom. The van der Waals surface area contributed by atoms with Crippen molar-refractivity contribution in [1.29, 1.82) is 0 Å². The molecule has 3 atom stereocenters. The topological polar surface area (TPSA) is 113 Å². The van der Waals surface area contributed by atoms with Crippen LogP contribution in [0.4, 0.5) is 11.4 Å². The van der Waals surface area contributed by atoms with E-state index in [0.29, 0.717) is 18.7 Å². The first-order chi connectivity index (χ1) is 16.9. The first-order valence-electron chi connectivity index (χ1n) is 11.7. The molecule has 35 heavy (non-hydrogen) atoms. The van der Waals surface area contributed by atoms with Crippen LogP contribution in [0.5, 0.6) is 0 Å². The molecule has 2 aliphatic rings. The number of carbonyl (C=O) groups excluding carboxylic acids is 4. The third-order valence-electron chi connectivity index (χ3n) is 6.37. The zero-order chi connectivity index (χ0) is 25.0. The summed E-state index contributed by atoms with van der Waals surface area (Å²) in [6, 6.07) is 17.2. The van der Waals surface area contributed by atoms with Crippen LogP contribution in [0, 0.1) is 5.92 Å². The highest BCUT2D eigenvalue weighted by Gasteiger charge is 2.57. The molecule has 0 bridgehead atoms. The van der Waals surface area contributed by atoms with Crippen molar-refractivity contribution in [3.63, 3.8) is 0 Å². The van der Waals surface area contributed by atoms with Gasteiger partial charge in [0.25, 0.3) is 5.91 Å². The summed E-state index contributed by atoms with van der Waals surface area (Å²) in [5.74, 6) is -3.59. The lowest BCUT2D eigenvalue weighted by Gasteiger charge is -2.25. The maximum atomic E-state index is 13.1. The number of hydrogen-bond donors (Lipinski definition) is 1. The van der Waals surface area contributed by atoms with Gasteiger partial charge in [0.2, 0.25) is 11.5 Å². The molecule has 2 aliphatic heterocycles. The molecule has 0 radical (unpaired) electrons. The van der Waals surface area contributed by atoms with Crippen molar-refractivity contribution in [2.45, 2.75) is 37.8 Å². The third-order valence-corrected chi connectivity index (χ3v) is 6.37. The average molecular weight is 481 g/mol. The second kappa shape index (κ2) is 10.3. The van der Waals surface area contributed by atoms with Gasteiger partial charge >= 0.3 is 11.9 Å². The van der Waals surface area contributed by atoms with Crippen molar-refractivity contribution in [1.82, 2.24) is 0 Å². The van der Waals surface area contributed by atoms with E-state index in [1.165, 1.54) is 4.90 Å². The minimum absolute atomic E-state index is 0.0253. The number of aliphatic hydroxyl groups is 1. The van der Waals surface area contributed by atoms with E-state index >= 15 is 0 Å². The van der Waals surface area contributed by atoms with Crippen LogP contribution in [0.3, 0.4) is 0 Å². The smallest absolute Gasteiger partial charge is 0.348 e. The standard InChI is InChI=1S/C26H28N2O7/c1-2-34-25(32)26(33)17-20(28(24(26)31)19-11-7-4-8-12-19)14-16-35-23(30)21-13-15-27(22(21)29)18-9-5-3-6-10-18/h3-12,20-21,33H,2,13-17H2,1H3/t20?,21?,26-/m1/s1. The third kappa shape index (κ3) is 4.77. The zero-order valence-corrected chi connectivity index (χ0v) is 19.5. The molecule has 1 N–H and O–H groups in total. The zero-order valence-electron chi connectivity index (χ0n) is 19.5. The number of para-hydroxylation sites is 2. The van der Waals surface area contributed by atoms with Gasteiger partial charge in [-0.25, -0.2) is 4.79 Å². The molecule has 0 aromatic heterocycles. The van der Waals surface area contributed by atoms with Crippen LogP contribution in [0.2, 0.25) is 0 Å². The number of esters is 2. The molecule has 9 heteroatoms. The Morgan fingerprint density at radius 3 is 2.26 bits per heavy atom. The number of anilines is 2. The van der Waals surface area contributed by atoms with Gasteiger partial charge in [0, 0.05) is 36.8 Å². The van der Waals surface area contributed by atoms with Crippen LogP contribution < -0.4 is 9.80 Å². The fraction of sp³-hybridized carbons (Fsp3) is 0.385. The van der Waals surface area contributed by atoms with Crippen LogP contribution in [0.15, 0.2) is 60.7 Å². The average Bonchev–Trinajstić information content (AvgIpc) is 3.38. The van der Waals surface area contributed by atoms with Gasteiger partial charge < -0.3 is 24.4 Å². The number of nitrogens with zero attached hydrogens (tertiary/aromatic N) is 2. The monoisotopic (exact) mass is 480 g/mol. The normalized spacial score (nSPS) is 24.1. The largest absolute Gasteiger partial charge is 0.465 e. The fourth-order valence-electron chi connectivity index (χ4n) is 4.61.